The fourth-order valence-corrected chi connectivity index (χ4v) is 0.295. The number of quaternary nitrogens is 1. The van der Waals surface area contributed by atoms with Crippen LogP contribution >= 0.6 is 0 Å². The van der Waals surface area contributed by atoms with E-state index in [9.17, 15) is 15.3 Å². The first-order chi connectivity index (χ1) is 4.20. The highest BCUT2D eigenvalue weighted by molar-refractivity contribution is 5.71. The first kappa shape index (κ1) is 5.72. The zero-order valence-corrected chi connectivity index (χ0v) is 4.01. The number of guanidine groups is 1. The molecule has 1 atom stereocenters. The van der Waals surface area contributed by atoms with Crippen LogP contribution in [-0.4, -0.2) is 10.9 Å². The number of nitrogens with one attached hydrogen (secondary N) is 1. The SMILES string of the molecule is O=[N+]([O-])C1=N[NH+]([O-])N=N1. The lowest BCUT2D eigenvalue weighted by atomic mass is 11.1. The Morgan fingerprint density at radius 2 is 2.33 bits per heavy atom. The normalized spacial score (nSPS) is 24.1. The molecule has 0 aromatic heterocycles. The summed E-state index contributed by atoms with van der Waals surface area (Å²) < 4.78 is 0. The van der Waals surface area contributed by atoms with E-state index in [1.165, 1.54) is 0 Å². The maximum absolute atomic E-state index is 10.0. The fourth-order valence-electron chi connectivity index (χ4n) is 0.295. The Labute approximate surface area is 48.2 Å². The maximum Gasteiger partial charge on any atom is 0.551 e. The van der Waals surface area contributed by atoms with Crippen molar-refractivity contribution in [2.24, 2.45) is 15.4 Å². The Morgan fingerprint density at radius 3 is 2.56 bits per heavy atom. The summed E-state index contributed by atoms with van der Waals surface area (Å²) >= 11 is 0. The van der Waals surface area contributed by atoms with E-state index in [-0.39, 0.29) is 0 Å². The van der Waals surface area contributed by atoms with Gasteiger partial charge in [-0.05, 0) is 10.2 Å². The van der Waals surface area contributed by atoms with Gasteiger partial charge in [0.25, 0.3) is 0 Å². The van der Waals surface area contributed by atoms with Crippen molar-refractivity contribution in [1.82, 2.24) is 0 Å². The van der Waals surface area contributed by atoms with E-state index in [4.69, 9.17) is 0 Å². The Morgan fingerprint density at radius 1 is 1.67 bits per heavy atom. The molecule has 1 N–H and O–H groups in total. The molecule has 0 fully saturated rings. The van der Waals surface area contributed by atoms with Crippen molar-refractivity contribution >= 4 is 5.96 Å². The van der Waals surface area contributed by atoms with Gasteiger partial charge < -0.3 is 15.3 Å². The molecule has 48 valence electrons. The predicted molar refractivity (Wildman–Crippen MR) is 23.6 cm³/mol. The number of rotatable bonds is 0. The molecule has 1 aliphatic rings. The number of hydrogen-bond donors (Lipinski definition) is 1. The van der Waals surface area contributed by atoms with E-state index < -0.39 is 16.2 Å². The van der Waals surface area contributed by atoms with Gasteiger partial charge in [-0.2, -0.15) is 0 Å². The second-order valence-electron chi connectivity index (χ2n) is 1.15. The minimum Gasteiger partial charge on any atom is -0.564 e. The molecule has 1 heterocycles. The summed E-state index contributed by atoms with van der Waals surface area (Å²) in [5.74, 6) is -0.750. The third-order valence-electron chi connectivity index (χ3n) is 0.584. The lowest BCUT2D eigenvalue weighted by Gasteiger charge is -1.88. The summed E-state index contributed by atoms with van der Waals surface area (Å²) in [6.45, 7) is 0. The Kier molecular flexibility index (Phi) is 1.17. The largest absolute Gasteiger partial charge is 0.564 e. The van der Waals surface area contributed by atoms with Crippen molar-refractivity contribution in [2.75, 3.05) is 0 Å². The minimum atomic E-state index is -0.929. The zero-order chi connectivity index (χ0) is 6.85. The van der Waals surface area contributed by atoms with Crippen molar-refractivity contribution in [1.29, 1.82) is 0 Å². The van der Waals surface area contributed by atoms with E-state index in [2.05, 4.69) is 15.4 Å². The van der Waals surface area contributed by atoms with Crippen LogP contribution in [0.4, 0.5) is 0 Å². The molecular weight excluding hydrogens is 130 g/mol. The molecule has 0 spiro atoms. The minimum absolute atomic E-state index is 0.750. The summed E-state index contributed by atoms with van der Waals surface area (Å²) in [7, 11) is 0. The molecule has 0 aromatic carbocycles. The topological polar surface area (TPSA) is 108 Å². The van der Waals surface area contributed by atoms with Gasteiger partial charge in [-0.25, -0.2) is 0 Å². The van der Waals surface area contributed by atoms with Gasteiger partial charge in [0.15, 0.2) is 10.3 Å². The molecule has 1 rings (SSSR count). The molecule has 0 bridgehead atoms. The highest BCUT2D eigenvalue weighted by Crippen LogP contribution is 1.83. The Bertz CT molecular complexity index is 194. The smallest absolute Gasteiger partial charge is 0.551 e. The number of nitro groups is 1. The van der Waals surface area contributed by atoms with Crippen molar-refractivity contribution in [3.8, 4) is 0 Å². The molecule has 9 heavy (non-hydrogen) atoms. The molecule has 0 saturated carbocycles. The molecule has 0 radical (unpaired) electrons. The van der Waals surface area contributed by atoms with Crippen molar-refractivity contribution in [3.05, 3.63) is 15.3 Å². The second-order valence-corrected chi connectivity index (χ2v) is 1.15. The second kappa shape index (κ2) is 1.84. The van der Waals surface area contributed by atoms with Crippen LogP contribution in [0.3, 0.4) is 0 Å². The monoisotopic (exact) mass is 131 g/mol. The average Bonchev–Trinajstić information content (AvgIpc) is 2.14. The van der Waals surface area contributed by atoms with Crippen LogP contribution in [0.1, 0.15) is 0 Å². The van der Waals surface area contributed by atoms with Crippen molar-refractivity contribution < 1.29 is 10.2 Å². The van der Waals surface area contributed by atoms with Crippen LogP contribution < -0.4 is 5.28 Å². The lowest BCUT2D eigenvalue weighted by molar-refractivity contribution is -0.863. The van der Waals surface area contributed by atoms with E-state index in [1.54, 1.807) is 0 Å². The first-order valence-corrected chi connectivity index (χ1v) is 1.89. The van der Waals surface area contributed by atoms with Gasteiger partial charge in [-0.3, -0.25) is 0 Å². The van der Waals surface area contributed by atoms with E-state index in [0.717, 1.165) is 0 Å². The molecule has 1 unspecified atom stereocenters. The quantitative estimate of drug-likeness (QED) is 0.240. The summed E-state index contributed by atoms with van der Waals surface area (Å²) in [6.07, 6.45) is 0. The predicted octanol–water partition coefficient (Wildman–Crippen LogP) is -1.70. The number of hydrogen-bond acceptors (Lipinski definition) is 6. The van der Waals surface area contributed by atoms with Gasteiger partial charge in [0.1, 0.15) is 5.11 Å². The van der Waals surface area contributed by atoms with Gasteiger partial charge in [0.05, 0.1) is 0 Å². The summed E-state index contributed by atoms with van der Waals surface area (Å²) in [4.78, 5) is 8.84. The summed E-state index contributed by atoms with van der Waals surface area (Å²) in [5.41, 5.74) is 0. The van der Waals surface area contributed by atoms with Gasteiger partial charge >= 0.3 is 5.96 Å². The van der Waals surface area contributed by atoms with Crippen molar-refractivity contribution in [3.63, 3.8) is 0 Å². The highest BCUT2D eigenvalue weighted by atomic mass is 16.6. The molecule has 0 amide bonds. The van der Waals surface area contributed by atoms with Crippen LogP contribution in [0.5, 0.6) is 0 Å². The van der Waals surface area contributed by atoms with Crippen molar-refractivity contribution in [2.45, 2.75) is 0 Å². The number of nitrogens with zero attached hydrogens (tertiary/aromatic N) is 4. The summed E-state index contributed by atoms with van der Waals surface area (Å²) in [6, 6.07) is 0. The Hall–Kier alpha value is -1.41. The van der Waals surface area contributed by atoms with E-state index in [0.29, 0.717) is 0 Å². The fraction of sp³-hybridized carbons (Fsp3) is 0. The molecule has 8 heteroatoms. The van der Waals surface area contributed by atoms with E-state index >= 15 is 0 Å². The van der Waals surface area contributed by atoms with Gasteiger partial charge in [0, 0.05) is 0 Å². The average molecular weight is 131 g/mol. The standard InChI is InChI=1S/CHN5O3/c7-5(8)1-2-4-6(9)3-1/h6H. The van der Waals surface area contributed by atoms with Crippen LogP contribution in [0.25, 0.3) is 0 Å². The third-order valence-corrected chi connectivity index (χ3v) is 0.584. The third kappa shape index (κ3) is 1.03. The Balaban J connectivity index is 2.75. The molecule has 0 saturated heterocycles. The molecule has 0 aliphatic carbocycles. The van der Waals surface area contributed by atoms with E-state index in [1.807, 2.05) is 0 Å². The highest BCUT2D eigenvalue weighted by Gasteiger charge is 2.23. The summed E-state index contributed by atoms with van der Waals surface area (Å²) in [5, 5.41) is 27.2. The molecule has 0 aromatic rings. The lowest BCUT2D eigenvalue weighted by Crippen LogP contribution is -2.95. The van der Waals surface area contributed by atoms with Crippen LogP contribution in [-0.2, 0) is 0 Å². The van der Waals surface area contributed by atoms with Gasteiger partial charge in [-0.15, -0.1) is 0 Å². The maximum atomic E-state index is 10.0. The van der Waals surface area contributed by atoms with Crippen LogP contribution in [0.15, 0.2) is 15.4 Å². The van der Waals surface area contributed by atoms with Gasteiger partial charge in [0.2, 0.25) is 0 Å². The molecule has 1 aliphatic heterocycles. The van der Waals surface area contributed by atoms with Crippen LogP contribution in [0, 0.1) is 15.3 Å². The molecular formula is CHN5O3. The molecule has 8 nitrogen and oxygen atoms in total. The van der Waals surface area contributed by atoms with Crippen LogP contribution in [0.2, 0.25) is 0 Å². The zero-order valence-electron chi connectivity index (χ0n) is 4.01. The van der Waals surface area contributed by atoms with Gasteiger partial charge in [-0.1, -0.05) is 0 Å². The first-order valence-electron chi connectivity index (χ1n) is 1.89.